The molecule has 0 bridgehead atoms. The number of carbonyl (C=O) groups is 1. The predicted octanol–water partition coefficient (Wildman–Crippen LogP) is 2.57. The lowest BCUT2D eigenvalue weighted by Crippen LogP contribution is -2.05. The van der Waals surface area contributed by atoms with Crippen molar-refractivity contribution in [1.29, 1.82) is 0 Å². The van der Waals surface area contributed by atoms with Gasteiger partial charge in [0.1, 0.15) is 11.3 Å². The first-order valence-corrected chi connectivity index (χ1v) is 8.58. The molecule has 0 saturated heterocycles. The van der Waals surface area contributed by atoms with Gasteiger partial charge >= 0.3 is 5.97 Å². The molecule has 0 saturated carbocycles. The Morgan fingerprint density at radius 3 is 2.92 bits per heavy atom. The zero-order chi connectivity index (χ0) is 17.1. The Balaban J connectivity index is 1.87. The van der Waals surface area contributed by atoms with Crippen LogP contribution in [-0.2, 0) is 16.6 Å². The summed E-state index contributed by atoms with van der Waals surface area (Å²) in [5, 5.41) is 9.98. The van der Waals surface area contributed by atoms with Crippen molar-refractivity contribution in [2.75, 3.05) is 19.5 Å². The third kappa shape index (κ3) is 3.14. The largest absolute Gasteiger partial charge is 0.497 e. The molecular formula is C16H18N4O3S. The van der Waals surface area contributed by atoms with Crippen LogP contribution in [0.2, 0.25) is 0 Å². The number of nitrogens with zero attached hydrogens (tertiary/aromatic N) is 4. The molecule has 1 aromatic carbocycles. The molecule has 2 aromatic heterocycles. The Morgan fingerprint density at radius 1 is 1.33 bits per heavy atom. The van der Waals surface area contributed by atoms with Gasteiger partial charge < -0.3 is 14.0 Å². The molecule has 24 heavy (non-hydrogen) atoms. The number of ether oxygens (including phenoxy) is 2. The predicted molar refractivity (Wildman–Crippen MR) is 92.3 cm³/mol. The second-order valence-electron chi connectivity index (χ2n) is 5.11. The molecule has 2 heterocycles. The highest BCUT2D eigenvalue weighted by Gasteiger charge is 2.14. The fraction of sp³-hybridized carbons (Fsp3) is 0.375. The quantitative estimate of drug-likeness (QED) is 0.501. The van der Waals surface area contributed by atoms with E-state index in [0.717, 1.165) is 27.8 Å². The molecule has 0 aliphatic rings. The highest BCUT2D eigenvalue weighted by Crippen LogP contribution is 2.29. The molecule has 7 nitrogen and oxygen atoms in total. The van der Waals surface area contributed by atoms with Gasteiger partial charge in [0, 0.05) is 18.2 Å². The van der Waals surface area contributed by atoms with Gasteiger partial charge in [-0.1, -0.05) is 11.8 Å². The number of carbonyl (C=O) groups excluding carboxylic acids is 1. The van der Waals surface area contributed by atoms with Crippen molar-refractivity contribution in [1.82, 2.24) is 19.7 Å². The van der Waals surface area contributed by atoms with Crippen LogP contribution < -0.4 is 4.74 Å². The molecule has 126 valence electrons. The van der Waals surface area contributed by atoms with E-state index in [0.29, 0.717) is 23.9 Å². The maximum atomic E-state index is 11.4. The van der Waals surface area contributed by atoms with Crippen molar-refractivity contribution in [3.05, 3.63) is 18.2 Å². The van der Waals surface area contributed by atoms with E-state index >= 15 is 0 Å². The lowest BCUT2D eigenvalue weighted by molar-refractivity contribution is -0.142. The molecule has 8 heteroatoms. The maximum Gasteiger partial charge on any atom is 0.306 e. The van der Waals surface area contributed by atoms with E-state index < -0.39 is 0 Å². The summed E-state index contributed by atoms with van der Waals surface area (Å²) in [6.07, 6.45) is 0.326. The number of hydrogen-bond acceptors (Lipinski definition) is 7. The molecule has 0 fully saturated rings. The molecule has 0 N–H and O–H groups in total. The highest BCUT2D eigenvalue weighted by molar-refractivity contribution is 7.99. The number of rotatable bonds is 6. The number of aromatic nitrogens is 4. The Hall–Kier alpha value is -2.35. The molecule has 0 amide bonds. The highest BCUT2D eigenvalue weighted by atomic mass is 32.2. The standard InChI is InChI=1S/C16H18N4O3S/c1-4-23-13(21)7-8-24-16-17-15-14(18-19-16)11-9-10(22-3)5-6-12(11)20(15)2/h5-6,9H,4,7-8H2,1-3H3. The smallest absolute Gasteiger partial charge is 0.306 e. The topological polar surface area (TPSA) is 79.1 Å². The maximum absolute atomic E-state index is 11.4. The van der Waals surface area contributed by atoms with Crippen LogP contribution in [0.4, 0.5) is 0 Å². The van der Waals surface area contributed by atoms with Crippen LogP contribution in [0.1, 0.15) is 13.3 Å². The fourth-order valence-corrected chi connectivity index (χ4v) is 3.17. The van der Waals surface area contributed by atoms with Crippen molar-refractivity contribution < 1.29 is 14.3 Å². The zero-order valence-corrected chi connectivity index (χ0v) is 14.6. The summed E-state index contributed by atoms with van der Waals surface area (Å²) >= 11 is 1.39. The van der Waals surface area contributed by atoms with Gasteiger partial charge in [-0.2, -0.15) is 0 Å². The SMILES string of the molecule is CCOC(=O)CCSc1nnc2c3cc(OC)ccc3n(C)c2n1. The van der Waals surface area contributed by atoms with E-state index in [-0.39, 0.29) is 5.97 Å². The van der Waals surface area contributed by atoms with Gasteiger partial charge in [-0.05, 0) is 25.1 Å². The molecule has 0 unspecified atom stereocenters. The van der Waals surface area contributed by atoms with Gasteiger partial charge in [0.25, 0.3) is 0 Å². The second kappa shape index (κ2) is 7.04. The Morgan fingerprint density at radius 2 is 2.17 bits per heavy atom. The van der Waals surface area contributed by atoms with Crippen LogP contribution in [0.15, 0.2) is 23.4 Å². The number of benzene rings is 1. The van der Waals surface area contributed by atoms with E-state index in [1.165, 1.54) is 11.8 Å². The van der Waals surface area contributed by atoms with Gasteiger partial charge in [-0.25, -0.2) is 4.98 Å². The van der Waals surface area contributed by atoms with Crippen LogP contribution in [0, 0.1) is 0 Å². The minimum atomic E-state index is -0.212. The van der Waals surface area contributed by atoms with Gasteiger partial charge in [0.2, 0.25) is 5.16 Å². The summed E-state index contributed by atoms with van der Waals surface area (Å²) in [7, 11) is 3.58. The molecule has 3 rings (SSSR count). The van der Waals surface area contributed by atoms with Crippen LogP contribution in [-0.4, -0.2) is 45.2 Å². The summed E-state index contributed by atoms with van der Waals surface area (Å²) < 4.78 is 12.2. The van der Waals surface area contributed by atoms with Crippen LogP contribution in [0.5, 0.6) is 5.75 Å². The average molecular weight is 346 g/mol. The van der Waals surface area contributed by atoms with Crippen molar-refractivity contribution in [2.45, 2.75) is 18.5 Å². The van der Waals surface area contributed by atoms with E-state index in [1.807, 2.05) is 29.8 Å². The molecular weight excluding hydrogens is 328 g/mol. The van der Waals surface area contributed by atoms with Crippen molar-refractivity contribution in [3.63, 3.8) is 0 Å². The van der Waals surface area contributed by atoms with E-state index in [2.05, 4.69) is 15.2 Å². The minimum absolute atomic E-state index is 0.212. The van der Waals surface area contributed by atoms with Crippen LogP contribution >= 0.6 is 11.8 Å². The Kier molecular flexibility index (Phi) is 4.84. The average Bonchev–Trinajstić information content (AvgIpc) is 2.87. The third-order valence-corrected chi connectivity index (χ3v) is 4.47. The monoisotopic (exact) mass is 346 g/mol. The number of esters is 1. The second-order valence-corrected chi connectivity index (χ2v) is 6.17. The number of methoxy groups -OCH3 is 1. The number of hydrogen-bond donors (Lipinski definition) is 0. The Labute approximate surface area is 143 Å². The van der Waals surface area contributed by atoms with Gasteiger partial charge in [-0.3, -0.25) is 4.79 Å². The minimum Gasteiger partial charge on any atom is -0.497 e. The summed E-state index contributed by atoms with van der Waals surface area (Å²) in [5.41, 5.74) is 2.51. The van der Waals surface area contributed by atoms with Crippen molar-refractivity contribution in [3.8, 4) is 5.75 Å². The summed E-state index contributed by atoms with van der Waals surface area (Å²) in [5.74, 6) is 1.12. The molecule has 0 spiro atoms. The lowest BCUT2D eigenvalue weighted by atomic mass is 10.2. The van der Waals surface area contributed by atoms with Gasteiger partial charge in [-0.15, -0.1) is 10.2 Å². The fourth-order valence-electron chi connectivity index (χ4n) is 2.47. The first-order chi connectivity index (χ1) is 11.6. The zero-order valence-electron chi connectivity index (χ0n) is 13.8. The molecule has 0 aliphatic heterocycles. The van der Waals surface area contributed by atoms with Crippen LogP contribution in [0.3, 0.4) is 0 Å². The first kappa shape index (κ1) is 16.5. The lowest BCUT2D eigenvalue weighted by Gasteiger charge is -2.01. The van der Waals surface area contributed by atoms with Gasteiger partial charge in [0.15, 0.2) is 5.65 Å². The molecule has 0 atom stereocenters. The molecule has 0 radical (unpaired) electrons. The summed E-state index contributed by atoms with van der Waals surface area (Å²) in [6, 6.07) is 5.82. The normalized spacial score (nSPS) is 11.1. The van der Waals surface area contributed by atoms with Gasteiger partial charge in [0.05, 0.1) is 25.7 Å². The first-order valence-electron chi connectivity index (χ1n) is 7.59. The van der Waals surface area contributed by atoms with Crippen molar-refractivity contribution in [2.24, 2.45) is 7.05 Å². The summed E-state index contributed by atoms with van der Waals surface area (Å²) in [4.78, 5) is 15.9. The number of fused-ring (bicyclic) bond motifs is 3. The van der Waals surface area contributed by atoms with E-state index in [1.54, 1.807) is 14.0 Å². The number of thioether (sulfide) groups is 1. The molecule has 0 aliphatic carbocycles. The summed E-state index contributed by atoms with van der Waals surface area (Å²) in [6.45, 7) is 2.19. The third-order valence-electron chi connectivity index (χ3n) is 3.63. The van der Waals surface area contributed by atoms with E-state index in [9.17, 15) is 4.79 Å². The molecule has 3 aromatic rings. The Bertz CT molecular complexity index is 894. The van der Waals surface area contributed by atoms with Crippen molar-refractivity contribution >= 4 is 39.8 Å². The van der Waals surface area contributed by atoms with Crippen LogP contribution in [0.25, 0.3) is 22.1 Å². The number of aryl methyl sites for hydroxylation is 1. The van der Waals surface area contributed by atoms with E-state index in [4.69, 9.17) is 9.47 Å².